The molecule has 1 saturated carbocycles. The van der Waals surface area contributed by atoms with Gasteiger partial charge in [0, 0.05) is 5.92 Å². The van der Waals surface area contributed by atoms with E-state index in [2.05, 4.69) is 0 Å². The minimum absolute atomic E-state index is 0.0561. The lowest BCUT2D eigenvalue weighted by Gasteiger charge is -2.32. The summed E-state index contributed by atoms with van der Waals surface area (Å²) in [7, 11) is 0. The quantitative estimate of drug-likeness (QED) is 0.697. The number of halogens is 1. The molecule has 1 unspecified atom stereocenters. The first-order valence-electron chi connectivity index (χ1n) is 5.94. The lowest BCUT2D eigenvalue weighted by atomic mass is 9.77. The maximum absolute atomic E-state index is 13.9. The predicted molar refractivity (Wildman–Crippen MR) is 58.9 cm³/mol. The van der Waals surface area contributed by atoms with Crippen molar-refractivity contribution in [2.75, 3.05) is 6.54 Å². The van der Waals surface area contributed by atoms with Crippen molar-refractivity contribution in [3.8, 4) is 0 Å². The fraction of sp³-hybridized carbons (Fsp3) is 1.00. The molecule has 0 saturated heterocycles. The van der Waals surface area contributed by atoms with Crippen LogP contribution in [0.3, 0.4) is 0 Å². The zero-order chi connectivity index (χ0) is 10.6. The maximum Gasteiger partial charge on any atom is 0.109 e. The Kier molecular flexibility index (Phi) is 4.36. The van der Waals surface area contributed by atoms with Gasteiger partial charge in [-0.2, -0.15) is 0 Å². The van der Waals surface area contributed by atoms with E-state index in [1.165, 1.54) is 38.5 Å². The SMILES string of the molecule is CC(C)(F)C(CN)C1CCCCCC1. The fourth-order valence-electron chi connectivity index (χ4n) is 2.75. The Morgan fingerprint density at radius 3 is 2.07 bits per heavy atom. The van der Waals surface area contributed by atoms with Crippen molar-refractivity contribution in [2.45, 2.75) is 58.0 Å². The van der Waals surface area contributed by atoms with Crippen LogP contribution in [0.25, 0.3) is 0 Å². The van der Waals surface area contributed by atoms with Crippen LogP contribution in [0.1, 0.15) is 52.4 Å². The Morgan fingerprint density at radius 1 is 1.21 bits per heavy atom. The van der Waals surface area contributed by atoms with E-state index in [4.69, 9.17) is 5.73 Å². The Balaban J connectivity index is 2.58. The van der Waals surface area contributed by atoms with Gasteiger partial charge in [0.2, 0.25) is 0 Å². The molecule has 1 nitrogen and oxygen atoms in total. The highest BCUT2D eigenvalue weighted by atomic mass is 19.1. The summed E-state index contributed by atoms with van der Waals surface area (Å²) >= 11 is 0. The summed E-state index contributed by atoms with van der Waals surface area (Å²) in [4.78, 5) is 0. The first-order chi connectivity index (χ1) is 6.55. The van der Waals surface area contributed by atoms with Crippen LogP contribution in [0.4, 0.5) is 4.39 Å². The molecule has 84 valence electrons. The molecule has 0 heterocycles. The van der Waals surface area contributed by atoms with Gasteiger partial charge in [-0.05, 0) is 26.3 Å². The first kappa shape index (κ1) is 12.0. The highest BCUT2D eigenvalue weighted by Gasteiger charge is 2.34. The van der Waals surface area contributed by atoms with E-state index in [1.54, 1.807) is 13.8 Å². The van der Waals surface area contributed by atoms with E-state index < -0.39 is 5.67 Å². The summed E-state index contributed by atoms with van der Waals surface area (Å²) in [6.07, 6.45) is 7.51. The smallest absolute Gasteiger partial charge is 0.109 e. The number of alkyl halides is 1. The largest absolute Gasteiger partial charge is 0.330 e. The topological polar surface area (TPSA) is 26.0 Å². The molecule has 0 spiro atoms. The minimum atomic E-state index is -1.11. The molecular weight excluding hydrogens is 177 g/mol. The normalized spacial score (nSPS) is 23.1. The molecule has 1 fully saturated rings. The van der Waals surface area contributed by atoms with Crippen molar-refractivity contribution in [3.05, 3.63) is 0 Å². The van der Waals surface area contributed by atoms with Crippen LogP contribution in [-0.2, 0) is 0 Å². The molecule has 0 amide bonds. The molecule has 0 radical (unpaired) electrons. The number of rotatable bonds is 3. The molecule has 14 heavy (non-hydrogen) atoms. The number of hydrogen-bond acceptors (Lipinski definition) is 1. The van der Waals surface area contributed by atoms with Crippen molar-refractivity contribution in [1.29, 1.82) is 0 Å². The molecule has 0 aromatic heterocycles. The Hall–Kier alpha value is -0.110. The molecule has 2 N–H and O–H groups in total. The molecule has 0 aromatic carbocycles. The third-order valence-electron chi connectivity index (χ3n) is 3.60. The first-order valence-corrected chi connectivity index (χ1v) is 5.94. The van der Waals surface area contributed by atoms with Crippen molar-refractivity contribution in [3.63, 3.8) is 0 Å². The lowest BCUT2D eigenvalue weighted by Crippen LogP contribution is -2.38. The van der Waals surface area contributed by atoms with Crippen LogP contribution in [0.15, 0.2) is 0 Å². The van der Waals surface area contributed by atoms with E-state index in [1.807, 2.05) is 0 Å². The van der Waals surface area contributed by atoms with Gasteiger partial charge < -0.3 is 5.73 Å². The van der Waals surface area contributed by atoms with Crippen LogP contribution in [0, 0.1) is 11.8 Å². The highest BCUT2D eigenvalue weighted by molar-refractivity contribution is 4.85. The molecule has 0 aromatic rings. The van der Waals surface area contributed by atoms with Crippen LogP contribution >= 0.6 is 0 Å². The fourth-order valence-corrected chi connectivity index (χ4v) is 2.75. The molecule has 1 atom stereocenters. The third kappa shape index (κ3) is 3.23. The molecule has 1 aliphatic rings. The average Bonchev–Trinajstić information content (AvgIpc) is 2.31. The van der Waals surface area contributed by atoms with Gasteiger partial charge in [-0.3, -0.25) is 0 Å². The predicted octanol–water partition coefficient (Wildman–Crippen LogP) is 3.28. The Labute approximate surface area is 87.3 Å². The van der Waals surface area contributed by atoms with Gasteiger partial charge in [0.05, 0.1) is 0 Å². The molecule has 0 bridgehead atoms. The van der Waals surface area contributed by atoms with Gasteiger partial charge in [-0.1, -0.05) is 38.5 Å². The molecule has 2 heteroatoms. The Bertz CT molecular complexity index is 154. The van der Waals surface area contributed by atoms with Gasteiger partial charge in [0.1, 0.15) is 5.67 Å². The molecule has 1 aliphatic carbocycles. The monoisotopic (exact) mass is 201 g/mol. The van der Waals surface area contributed by atoms with Crippen molar-refractivity contribution in [2.24, 2.45) is 17.6 Å². The second kappa shape index (κ2) is 5.11. The standard InChI is InChI=1S/C12H24FN/c1-12(2,13)11(9-14)10-7-5-3-4-6-8-10/h10-11H,3-9,14H2,1-2H3. The summed E-state index contributed by atoms with van der Waals surface area (Å²) in [5.41, 5.74) is 4.59. The third-order valence-corrected chi connectivity index (χ3v) is 3.60. The summed E-state index contributed by atoms with van der Waals surface area (Å²) < 4.78 is 13.9. The molecular formula is C12H24FN. The van der Waals surface area contributed by atoms with Crippen LogP contribution in [0.5, 0.6) is 0 Å². The molecule has 0 aliphatic heterocycles. The van der Waals surface area contributed by atoms with Gasteiger partial charge in [0.15, 0.2) is 0 Å². The van der Waals surface area contributed by atoms with E-state index >= 15 is 0 Å². The second-order valence-electron chi connectivity index (χ2n) is 5.16. The summed E-state index contributed by atoms with van der Waals surface area (Å²) in [5, 5.41) is 0. The van der Waals surface area contributed by atoms with E-state index in [0.29, 0.717) is 12.5 Å². The van der Waals surface area contributed by atoms with Crippen molar-refractivity contribution >= 4 is 0 Å². The van der Waals surface area contributed by atoms with Crippen molar-refractivity contribution < 1.29 is 4.39 Å². The summed E-state index contributed by atoms with van der Waals surface area (Å²) in [5.74, 6) is 0.572. The van der Waals surface area contributed by atoms with E-state index in [-0.39, 0.29) is 5.92 Å². The zero-order valence-corrected chi connectivity index (χ0v) is 9.56. The van der Waals surface area contributed by atoms with Crippen LogP contribution < -0.4 is 5.73 Å². The maximum atomic E-state index is 13.9. The molecule has 1 rings (SSSR count). The van der Waals surface area contributed by atoms with Gasteiger partial charge >= 0.3 is 0 Å². The average molecular weight is 201 g/mol. The van der Waals surface area contributed by atoms with Gasteiger partial charge in [-0.15, -0.1) is 0 Å². The second-order valence-corrected chi connectivity index (χ2v) is 5.16. The Morgan fingerprint density at radius 2 is 1.71 bits per heavy atom. The van der Waals surface area contributed by atoms with Gasteiger partial charge in [-0.25, -0.2) is 4.39 Å². The minimum Gasteiger partial charge on any atom is -0.330 e. The number of hydrogen-bond donors (Lipinski definition) is 1. The van der Waals surface area contributed by atoms with E-state index in [0.717, 1.165) is 0 Å². The lowest BCUT2D eigenvalue weighted by molar-refractivity contribution is 0.0771. The van der Waals surface area contributed by atoms with Gasteiger partial charge in [0.25, 0.3) is 0 Å². The van der Waals surface area contributed by atoms with Crippen LogP contribution in [0.2, 0.25) is 0 Å². The van der Waals surface area contributed by atoms with Crippen LogP contribution in [-0.4, -0.2) is 12.2 Å². The summed E-state index contributed by atoms with van der Waals surface area (Å²) in [6.45, 7) is 3.85. The summed E-state index contributed by atoms with van der Waals surface area (Å²) in [6, 6.07) is 0. The zero-order valence-electron chi connectivity index (χ0n) is 9.56. The van der Waals surface area contributed by atoms with E-state index in [9.17, 15) is 4.39 Å². The number of nitrogens with two attached hydrogens (primary N) is 1. The van der Waals surface area contributed by atoms with Crippen molar-refractivity contribution in [1.82, 2.24) is 0 Å². The highest BCUT2D eigenvalue weighted by Crippen LogP contribution is 2.35.